The lowest BCUT2D eigenvalue weighted by atomic mass is 9.87. The van der Waals surface area contributed by atoms with Crippen LogP contribution in [0.2, 0.25) is 0 Å². The molecule has 2 heterocycles. The second-order valence-electron chi connectivity index (χ2n) is 6.91. The Balaban J connectivity index is 1.91. The highest BCUT2D eigenvalue weighted by Crippen LogP contribution is 2.38. The van der Waals surface area contributed by atoms with E-state index in [1.807, 2.05) is 18.2 Å². The zero-order chi connectivity index (χ0) is 18.3. The highest BCUT2D eigenvalue weighted by Gasteiger charge is 2.29. The predicted molar refractivity (Wildman–Crippen MR) is 102 cm³/mol. The van der Waals surface area contributed by atoms with Crippen molar-refractivity contribution in [1.82, 2.24) is 9.47 Å². The van der Waals surface area contributed by atoms with Gasteiger partial charge in [-0.05, 0) is 60.3 Å². The summed E-state index contributed by atoms with van der Waals surface area (Å²) in [4.78, 5) is 14.4. The average Bonchev–Trinajstić information content (AvgIpc) is 2.93. The van der Waals surface area contributed by atoms with E-state index in [9.17, 15) is 4.79 Å². The van der Waals surface area contributed by atoms with Crippen LogP contribution < -0.4 is 10.5 Å². The summed E-state index contributed by atoms with van der Waals surface area (Å²) in [6.07, 6.45) is 2.06. The number of aromatic nitrogens is 1. The Labute approximate surface area is 152 Å². The van der Waals surface area contributed by atoms with Gasteiger partial charge in [0.2, 0.25) is 0 Å². The molecule has 1 atom stereocenters. The second kappa shape index (κ2) is 6.65. The van der Waals surface area contributed by atoms with Gasteiger partial charge < -0.3 is 9.15 Å². The van der Waals surface area contributed by atoms with Crippen LogP contribution in [-0.4, -0.2) is 29.7 Å². The number of oxazole rings is 1. The van der Waals surface area contributed by atoms with Gasteiger partial charge in [-0.15, -0.1) is 0 Å². The standard InChI is InChI=1S/C21H24N2O3/c1-4-9-23-10-8-14-12-19-18(22(2)21(24)26-19)13-17(14)20(23)15-6-5-7-16(11-15)25-3/h5-7,11-13,20H,4,8-10H2,1-3H3. The molecule has 1 aliphatic heterocycles. The third-order valence-corrected chi connectivity index (χ3v) is 5.30. The van der Waals surface area contributed by atoms with Crippen LogP contribution in [0.1, 0.15) is 36.1 Å². The molecule has 0 bridgehead atoms. The summed E-state index contributed by atoms with van der Waals surface area (Å²) in [6, 6.07) is 12.6. The minimum atomic E-state index is -0.314. The van der Waals surface area contributed by atoms with Gasteiger partial charge in [-0.3, -0.25) is 9.47 Å². The third kappa shape index (κ3) is 2.72. The summed E-state index contributed by atoms with van der Waals surface area (Å²) in [6.45, 7) is 4.23. The van der Waals surface area contributed by atoms with Crippen molar-refractivity contribution < 1.29 is 9.15 Å². The Kier molecular flexibility index (Phi) is 4.32. The molecule has 0 fully saturated rings. The van der Waals surface area contributed by atoms with Crippen LogP contribution in [0.15, 0.2) is 45.6 Å². The molecule has 26 heavy (non-hydrogen) atoms. The molecule has 3 aromatic rings. The highest BCUT2D eigenvalue weighted by molar-refractivity contribution is 5.76. The van der Waals surface area contributed by atoms with Crippen LogP contribution in [0.5, 0.6) is 5.75 Å². The quantitative estimate of drug-likeness (QED) is 0.721. The monoisotopic (exact) mass is 352 g/mol. The van der Waals surface area contributed by atoms with Crippen LogP contribution in [0, 0.1) is 0 Å². The summed E-state index contributed by atoms with van der Waals surface area (Å²) in [5, 5.41) is 0. The first kappa shape index (κ1) is 16.9. The van der Waals surface area contributed by atoms with Crippen LogP contribution >= 0.6 is 0 Å². The van der Waals surface area contributed by atoms with E-state index in [0.717, 1.165) is 37.2 Å². The largest absolute Gasteiger partial charge is 0.497 e. The van der Waals surface area contributed by atoms with Gasteiger partial charge in [0, 0.05) is 13.6 Å². The molecule has 0 saturated heterocycles. The number of fused-ring (bicyclic) bond motifs is 2. The Bertz CT molecular complexity index is 1000. The topological polar surface area (TPSA) is 47.6 Å². The normalized spacial score (nSPS) is 17.4. The van der Waals surface area contributed by atoms with Crippen molar-refractivity contribution in [2.45, 2.75) is 25.8 Å². The summed E-state index contributed by atoms with van der Waals surface area (Å²) in [5.41, 5.74) is 5.24. The van der Waals surface area contributed by atoms with Crippen molar-refractivity contribution >= 4 is 11.1 Å². The molecule has 0 aliphatic carbocycles. The van der Waals surface area contributed by atoms with Gasteiger partial charge in [0.1, 0.15) is 5.75 Å². The van der Waals surface area contributed by atoms with Gasteiger partial charge in [-0.1, -0.05) is 19.1 Å². The lowest BCUT2D eigenvalue weighted by Gasteiger charge is -2.37. The summed E-state index contributed by atoms with van der Waals surface area (Å²) >= 11 is 0. The van der Waals surface area contributed by atoms with E-state index < -0.39 is 0 Å². The van der Waals surface area contributed by atoms with Crippen molar-refractivity contribution in [1.29, 1.82) is 0 Å². The zero-order valence-corrected chi connectivity index (χ0v) is 15.5. The van der Waals surface area contributed by atoms with Gasteiger partial charge in [0.25, 0.3) is 0 Å². The van der Waals surface area contributed by atoms with Gasteiger partial charge >= 0.3 is 5.76 Å². The summed E-state index contributed by atoms with van der Waals surface area (Å²) in [5.74, 6) is 0.550. The Morgan fingerprint density at radius 3 is 2.88 bits per heavy atom. The van der Waals surface area contributed by atoms with Crippen molar-refractivity contribution in [2.75, 3.05) is 20.2 Å². The molecule has 4 rings (SSSR count). The number of rotatable bonds is 4. The molecular weight excluding hydrogens is 328 g/mol. The van der Waals surface area contributed by atoms with Gasteiger partial charge in [-0.2, -0.15) is 0 Å². The molecular formula is C21H24N2O3. The van der Waals surface area contributed by atoms with E-state index in [1.54, 1.807) is 18.7 Å². The number of methoxy groups -OCH3 is 1. The van der Waals surface area contributed by atoms with Crippen molar-refractivity contribution in [3.8, 4) is 5.75 Å². The number of benzene rings is 2. The predicted octanol–water partition coefficient (Wildman–Crippen LogP) is 3.50. The summed E-state index contributed by atoms with van der Waals surface area (Å²) in [7, 11) is 3.45. The van der Waals surface area contributed by atoms with E-state index in [2.05, 4.69) is 30.0 Å². The van der Waals surface area contributed by atoms with E-state index in [0.29, 0.717) is 5.58 Å². The number of aryl methyl sites for hydroxylation is 1. The van der Waals surface area contributed by atoms with Gasteiger partial charge in [0.15, 0.2) is 5.58 Å². The van der Waals surface area contributed by atoms with Crippen molar-refractivity contribution in [3.63, 3.8) is 0 Å². The molecule has 0 radical (unpaired) electrons. The second-order valence-corrected chi connectivity index (χ2v) is 6.91. The fourth-order valence-electron chi connectivity index (χ4n) is 4.02. The van der Waals surface area contributed by atoms with Gasteiger partial charge in [-0.25, -0.2) is 4.79 Å². The van der Waals surface area contributed by atoms with Crippen molar-refractivity contribution in [3.05, 3.63) is 63.6 Å². The minimum absolute atomic E-state index is 0.156. The maximum absolute atomic E-state index is 11.9. The fourth-order valence-corrected chi connectivity index (χ4v) is 4.02. The maximum Gasteiger partial charge on any atom is 0.419 e. The Morgan fingerprint density at radius 2 is 2.12 bits per heavy atom. The molecule has 2 aromatic carbocycles. The molecule has 136 valence electrons. The molecule has 0 N–H and O–H groups in total. The molecule has 1 aliphatic rings. The SMILES string of the molecule is CCCN1CCc2cc3oc(=O)n(C)c3cc2C1c1cccc(OC)c1. The lowest BCUT2D eigenvalue weighted by Crippen LogP contribution is -2.36. The molecule has 0 spiro atoms. The summed E-state index contributed by atoms with van der Waals surface area (Å²) < 4.78 is 12.4. The molecule has 0 amide bonds. The highest BCUT2D eigenvalue weighted by atomic mass is 16.5. The van der Waals surface area contributed by atoms with Crippen LogP contribution in [0.4, 0.5) is 0 Å². The Hall–Kier alpha value is -2.53. The van der Waals surface area contributed by atoms with E-state index >= 15 is 0 Å². The molecule has 1 unspecified atom stereocenters. The first-order valence-electron chi connectivity index (χ1n) is 9.12. The van der Waals surface area contributed by atoms with Gasteiger partial charge in [0.05, 0.1) is 18.7 Å². The molecule has 1 aromatic heterocycles. The maximum atomic E-state index is 11.9. The number of nitrogens with zero attached hydrogens (tertiary/aromatic N) is 2. The zero-order valence-electron chi connectivity index (χ0n) is 15.5. The fraction of sp³-hybridized carbons (Fsp3) is 0.381. The third-order valence-electron chi connectivity index (χ3n) is 5.30. The van der Waals surface area contributed by atoms with E-state index in [1.165, 1.54) is 16.7 Å². The van der Waals surface area contributed by atoms with Crippen LogP contribution in [0.25, 0.3) is 11.1 Å². The van der Waals surface area contributed by atoms with Crippen LogP contribution in [-0.2, 0) is 13.5 Å². The minimum Gasteiger partial charge on any atom is -0.497 e. The smallest absolute Gasteiger partial charge is 0.419 e. The first-order chi connectivity index (χ1) is 12.6. The number of hydrogen-bond acceptors (Lipinski definition) is 4. The van der Waals surface area contributed by atoms with E-state index in [-0.39, 0.29) is 11.8 Å². The number of ether oxygens (including phenoxy) is 1. The van der Waals surface area contributed by atoms with E-state index in [4.69, 9.17) is 9.15 Å². The van der Waals surface area contributed by atoms with Crippen molar-refractivity contribution in [2.24, 2.45) is 7.05 Å². The molecule has 0 saturated carbocycles. The molecule has 5 heteroatoms. The van der Waals surface area contributed by atoms with Crippen LogP contribution in [0.3, 0.4) is 0 Å². The average molecular weight is 352 g/mol. The molecule has 5 nitrogen and oxygen atoms in total. The Morgan fingerprint density at radius 1 is 1.27 bits per heavy atom. The lowest BCUT2D eigenvalue weighted by molar-refractivity contribution is 0.213. The number of hydrogen-bond donors (Lipinski definition) is 0. The first-order valence-corrected chi connectivity index (χ1v) is 9.12.